The number of fused-ring (bicyclic) bond motifs is 1. The molecule has 4 fully saturated rings. The number of aliphatic hydroxyl groups is 2. The third-order valence-electron chi connectivity index (χ3n) is 6.08. The summed E-state index contributed by atoms with van der Waals surface area (Å²) in [6, 6.07) is 0. The maximum Gasteiger partial charge on any atom is 0.186 e. The van der Waals surface area contributed by atoms with Crippen LogP contribution in [0.15, 0.2) is 0 Å². The van der Waals surface area contributed by atoms with Crippen LogP contribution in [-0.2, 0) is 37.9 Å². The van der Waals surface area contributed by atoms with Crippen molar-refractivity contribution in [3.63, 3.8) is 0 Å². The van der Waals surface area contributed by atoms with Crippen molar-refractivity contribution in [1.82, 2.24) is 0 Å². The first-order chi connectivity index (χ1) is 14.3. The molecule has 10 heteroatoms. The van der Waals surface area contributed by atoms with Crippen molar-refractivity contribution in [3.05, 3.63) is 0 Å². The number of rotatable bonds is 6. The quantitative estimate of drug-likeness (QED) is 0.601. The highest BCUT2D eigenvalue weighted by atomic mass is 16.8. The summed E-state index contributed by atoms with van der Waals surface area (Å²) < 4.78 is 46.6. The monoisotopic (exact) mass is 448 g/mol. The second-order valence-corrected chi connectivity index (χ2v) is 10.1. The number of hydrogen-bond acceptors (Lipinski definition) is 10. The largest absolute Gasteiger partial charge is 0.390 e. The second kappa shape index (κ2) is 8.12. The van der Waals surface area contributed by atoms with E-state index in [9.17, 15) is 10.2 Å². The van der Waals surface area contributed by atoms with Gasteiger partial charge in [-0.2, -0.15) is 0 Å². The molecule has 4 heterocycles. The van der Waals surface area contributed by atoms with Gasteiger partial charge in [0.15, 0.2) is 23.7 Å². The lowest BCUT2D eigenvalue weighted by atomic mass is 9.95. The molecule has 180 valence electrons. The molecule has 0 aliphatic carbocycles. The Morgan fingerprint density at radius 1 is 0.774 bits per heavy atom. The molecule has 4 aliphatic heterocycles. The maximum absolute atomic E-state index is 11.0. The Bertz CT molecular complexity index is 652. The molecule has 0 radical (unpaired) electrons. The molecule has 4 saturated heterocycles. The van der Waals surface area contributed by atoms with E-state index in [1.165, 1.54) is 7.11 Å². The van der Waals surface area contributed by atoms with E-state index in [1.807, 2.05) is 13.8 Å². The fourth-order valence-electron chi connectivity index (χ4n) is 4.89. The van der Waals surface area contributed by atoms with E-state index in [2.05, 4.69) is 0 Å². The van der Waals surface area contributed by atoms with Crippen LogP contribution in [0.3, 0.4) is 0 Å². The van der Waals surface area contributed by atoms with Crippen LogP contribution in [0.2, 0.25) is 0 Å². The molecule has 0 aromatic carbocycles. The average molecular weight is 449 g/mol. The lowest BCUT2D eigenvalue weighted by molar-refractivity contribution is -0.238. The van der Waals surface area contributed by atoms with Gasteiger partial charge in [0.2, 0.25) is 0 Å². The van der Waals surface area contributed by atoms with Gasteiger partial charge < -0.3 is 48.1 Å². The van der Waals surface area contributed by atoms with Gasteiger partial charge in [-0.3, -0.25) is 0 Å². The summed E-state index contributed by atoms with van der Waals surface area (Å²) in [5, 5.41) is 22.0. The molecular weight excluding hydrogens is 412 g/mol. The van der Waals surface area contributed by atoms with Crippen molar-refractivity contribution in [1.29, 1.82) is 0 Å². The van der Waals surface area contributed by atoms with E-state index in [1.54, 1.807) is 27.7 Å². The van der Waals surface area contributed by atoms with Crippen LogP contribution < -0.4 is 0 Å². The van der Waals surface area contributed by atoms with E-state index in [-0.39, 0.29) is 6.42 Å². The highest BCUT2D eigenvalue weighted by Crippen LogP contribution is 2.42. The molecular formula is C21H36O10. The molecule has 31 heavy (non-hydrogen) atoms. The Kier molecular flexibility index (Phi) is 6.22. The molecule has 0 saturated carbocycles. The Hall–Kier alpha value is -0.400. The minimum absolute atomic E-state index is 0.00825. The Labute approximate surface area is 183 Å². The third-order valence-corrected chi connectivity index (χ3v) is 6.08. The molecule has 0 amide bonds. The van der Waals surface area contributed by atoms with E-state index in [4.69, 9.17) is 37.9 Å². The highest BCUT2D eigenvalue weighted by Gasteiger charge is 2.58. The number of aliphatic hydroxyl groups excluding tert-OH is 2. The van der Waals surface area contributed by atoms with Crippen LogP contribution in [0, 0.1) is 0 Å². The number of ether oxygens (including phenoxy) is 8. The normalized spacial score (nSPS) is 45.0. The van der Waals surface area contributed by atoms with Crippen LogP contribution in [-0.4, -0.2) is 96.4 Å². The third kappa shape index (κ3) is 4.79. The van der Waals surface area contributed by atoms with Gasteiger partial charge in [-0.25, -0.2) is 0 Å². The molecule has 4 rings (SSSR count). The average Bonchev–Trinajstić information content (AvgIpc) is 3.34. The van der Waals surface area contributed by atoms with Crippen molar-refractivity contribution in [2.24, 2.45) is 0 Å². The SMILES string of the molecule is CO[C@H]1O[C@H]([C@H](O)C[C@@H](O)[C@H]2OC(C)(C)O[C@@H]2[C@H]2COC(C)(C)O2)[C@@H]2OC(C)(C)O[C@H]12. The lowest BCUT2D eigenvalue weighted by Crippen LogP contribution is -2.47. The standard InChI is InChI=1S/C21H36O10/c1-19(2)25-9-12(27-19)15-14(28-20(3,4)29-15)11(23)8-10(22)13-16-17(18(24-7)26-13)31-21(5,6)30-16/h10-18,22-23H,8-9H2,1-7H3/t10-,11-,12-,13-,14-,15-,16+,17+,18+/m1/s1. The molecule has 0 aromatic heterocycles. The number of methoxy groups -OCH3 is 1. The van der Waals surface area contributed by atoms with Gasteiger partial charge in [0.25, 0.3) is 0 Å². The van der Waals surface area contributed by atoms with Crippen molar-refractivity contribution in [2.75, 3.05) is 13.7 Å². The summed E-state index contributed by atoms with van der Waals surface area (Å²) in [5.74, 6) is -2.44. The summed E-state index contributed by atoms with van der Waals surface area (Å²) in [4.78, 5) is 0. The van der Waals surface area contributed by atoms with E-state index in [0.717, 1.165) is 0 Å². The first-order valence-corrected chi connectivity index (χ1v) is 10.9. The van der Waals surface area contributed by atoms with Gasteiger partial charge in [-0.15, -0.1) is 0 Å². The van der Waals surface area contributed by atoms with Crippen LogP contribution in [0.4, 0.5) is 0 Å². The maximum atomic E-state index is 11.0. The molecule has 4 aliphatic rings. The zero-order valence-electron chi connectivity index (χ0n) is 19.3. The molecule has 9 atom stereocenters. The highest BCUT2D eigenvalue weighted by molar-refractivity contribution is 5.00. The van der Waals surface area contributed by atoms with E-state index in [0.29, 0.717) is 6.61 Å². The molecule has 0 aromatic rings. The molecule has 0 bridgehead atoms. The molecule has 2 N–H and O–H groups in total. The van der Waals surface area contributed by atoms with Gasteiger partial charge in [0.1, 0.15) is 36.6 Å². The van der Waals surface area contributed by atoms with Crippen molar-refractivity contribution < 1.29 is 48.1 Å². The van der Waals surface area contributed by atoms with E-state index >= 15 is 0 Å². The number of hydrogen-bond donors (Lipinski definition) is 2. The van der Waals surface area contributed by atoms with Crippen molar-refractivity contribution in [2.45, 2.75) is 120 Å². The zero-order valence-corrected chi connectivity index (χ0v) is 19.3. The van der Waals surface area contributed by atoms with Crippen LogP contribution >= 0.6 is 0 Å². The van der Waals surface area contributed by atoms with Gasteiger partial charge in [0.05, 0.1) is 18.8 Å². The van der Waals surface area contributed by atoms with Crippen molar-refractivity contribution >= 4 is 0 Å². The van der Waals surface area contributed by atoms with Gasteiger partial charge in [-0.05, 0) is 41.5 Å². The fraction of sp³-hybridized carbons (Fsp3) is 1.00. The molecule has 10 nitrogen and oxygen atoms in total. The van der Waals surface area contributed by atoms with E-state index < -0.39 is 72.5 Å². The summed E-state index contributed by atoms with van der Waals surface area (Å²) in [6.07, 6.45) is -6.08. The minimum atomic E-state index is -1.04. The second-order valence-electron chi connectivity index (χ2n) is 10.1. The summed E-state index contributed by atoms with van der Waals surface area (Å²) in [7, 11) is 1.52. The van der Waals surface area contributed by atoms with Crippen LogP contribution in [0.1, 0.15) is 48.0 Å². The fourth-order valence-corrected chi connectivity index (χ4v) is 4.89. The Balaban J connectivity index is 1.43. The summed E-state index contributed by atoms with van der Waals surface area (Å²) in [6.45, 7) is 11.2. The molecule has 0 unspecified atom stereocenters. The smallest absolute Gasteiger partial charge is 0.186 e. The van der Waals surface area contributed by atoms with Crippen LogP contribution in [0.25, 0.3) is 0 Å². The van der Waals surface area contributed by atoms with Crippen LogP contribution in [0.5, 0.6) is 0 Å². The lowest BCUT2D eigenvalue weighted by Gasteiger charge is -2.30. The van der Waals surface area contributed by atoms with Gasteiger partial charge >= 0.3 is 0 Å². The van der Waals surface area contributed by atoms with Crippen molar-refractivity contribution in [3.8, 4) is 0 Å². The zero-order chi connectivity index (χ0) is 22.8. The van der Waals surface area contributed by atoms with Gasteiger partial charge in [-0.1, -0.05) is 0 Å². The minimum Gasteiger partial charge on any atom is -0.390 e. The topological polar surface area (TPSA) is 114 Å². The summed E-state index contributed by atoms with van der Waals surface area (Å²) >= 11 is 0. The Morgan fingerprint density at radius 2 is 1.35 bits per heavy atom. The van der Waals surface area contributed by atoms with Gasteiger partial charge in [0, 0.05) is 13.5 Å². The Morgan fingerprint density at radius 3 is 1.97 bits per heavy atom. The molecule has 0 spiro atoms. The predicted octanol–water partition coefficient (Wildman–Crippen LogP) is 0.661. The predicted molar refractivity (Wildman–Crippen MR) is 105 cm³/mol. The first kappa shape index (κ1) is 23.7. The summed E-state index contributed by atoms with van der Waals surface area (Å²) in [5.41, 5.74) is 0. The first-order valence-electron chi connectivity index (χ1n) is 10.9.